The fourth-order valence-corrected chi connectivity index (χ4v) is 27.7. The zero-order valence-electron chi connectivity index (χ0n) is 87.1. The standard InChI is InChI=1S/C22H26N2O.3C21H24N2O.C19H19BrN2O.C19H21N3O/c1-4-22(5-2)12-16-11-17-19(14(3)23-24-17)21(20(16)18(25)13-22)15-9-7-6-8-10-15;2*1-12-7-5-6-8-15(12)20-18-13(2)22-23-16(18)9-14-10-21(3,4)11-17(24)19(14)20;1-13-18-16(23-22-13)10-14-11-20(2,3)12-17(24)19(14)21(18,4)15-8-6-5-7-9-15;1-19(2)9-12-8-13-17(18(20)22-21-13)16(15(12)14(23)10-19)11-6-4-3-5-7-11;1-11-16-14(22-21-11)7-13-8-19(2,3)9-15(23)17(13)18(16)12-5-4-6-20-10-12/h6-10,21H,4-5,11-13H2,1-3H3,(H,23,24);2*5-8,20H,9-11H2,1-4H3,(H,22,23);5-9H,10-12H2,1-4H3,(H,22,23);3-7,16H,8-10H2,1-2H3,(H,21,22);4-6,10,18H,7-9H2,1-3H3,(H,21,22)/t;2*20-;21-;;/m.101../s1. The molecule has 0 bridgehead atoms. The number of allylic oxidation sites excluding steroid dienone is 12. The molecule has 0 saturated heterocycles. The summed E-state index contributed by atoms with van der Waals surface area (Å²) < 4.78 is 0.825. The van der Waals surface area contributed by atoms with Crippen LogP contribution in [0.2, 0.25) is 0 Å². The van der Waals surface area contributed by atoms with Crippen molar-refractivity contribution in [3.63, 3.8) is 0 Å². The molecule has 20 heteroatoms. The number of H-pyrrole nitrogens is 6. The first-order valence-electron chi connectivity index (χ1n) is 51.7. The average molecular weight is 1970 g/mol. The lowest BCUT2D eigenvalue weighted by molar-refractivity contribution is -0.119. The van der Waals surface area contributed by atoms with Crippen LogP contribution in [0.4, 0.5) is 0 Å². The van der Waals surface area contributed by atoms with Crippen molar-refractivity contribution < 1.29 is 28.8 Å². The Kier molecular flexibility index (Phi) is 26.5. The number of benzene rings is 5. The van der Waals surface area contributed by atoms with Crippen molar-refractivity contribution >= 4 is 50.6 Å². The number of nitrogens with one attached hydrogen (secondary N) is 6. The van der Waals surface area contributed by atoms with Crippen LogP contribution in [-0.2, 0) is 72.7 Å². The number of aromatic amines is 6. The predicted octanol–water partition coefficient (Wildman–Crippen LogP) is 26.0. The Labute approximate surface area is 850 Å². The highest BCUT2D eigenvalue weighted by molar-refractivity contribution is 9.10. The lowest BCUT2D eigenvalue weighted by Crippen LogP contribution is -2.41. The Morgan fingerprint density at radius 3 is 1.03 bits per heavy atom. The molecule has 0 saturated carbocycles. The molecule has 24 rings (SSSR count). The van der Waals surface area contributed by atoms with Crippen LogP contribution in [0, 0.1) is 81.0 Å². The third-order valence-electron chi connectivity index (χ3n) is 33.3. The molecule has 6 N–H and O–H groups in total. The fraction of sp³-hybridized carbons (Fsp3) is 0.423. The van der Waals surface area contributed by atoms with Crippen LogP contribution in [-0.4, -0.2) is 101 Å². The van der Waals surface area contributed by atoms with E-state index in [0.717, 1.165) is 207 Å². The fourth-order valence-electron chi connectivity index (χ4n) is 27.2. The second-order valence-corrected chi connectivity index (χ2v) is 48.0. The van der Waals surface area contributed by atoms with Gasteiger partial charge in [0.25, 0.3) is 0 Å². The van der Waals surface area contributed by atoms with Gasteiger partial charge in [-0.25, -0.2) is 0 Å². The summed E-state index contributed by atoms with van der Waals surface area (Å²) in [5.41, 5.74) is 42.6. The van der Waals surface area contributed by atoms with Crippen molar-refractivity contribution in [1.29, 1.82) is 0 Å². The summed E-state index contributed by atoms with van der Waals surface area (Å²) in [6.07, 6.45) is 20.4. The molecule has 5 aromatic carbocycles. The molecule has 12 aliphatic rings. The summed E-state index contributed by atoms with van der Waals surface area (Å²) in [7, 11) is 0. The van der Waals surface area contributed by atoms with Gasteiger partial charge in [-0.1, -0.05) is 262 Å². The summed E-state index contributed by atoms with van der Waals surface area (Å²) in [5, 5.41) is 46.0. The Balaban J connectivity index is 0.000000109. The highest BCUT2D eigenvalue weighted by Crippen LogP contribution is 2.59. The number of hydrogen-bond donors (Lipinski definition) is 6. The molecular weight excluding hydrogens is 1840 g/mol. The van der Waals surface area contributed by atoms with E-state index in [2.05, 4.69) is 329 Å². The van der Waals surface area contributed by atoms with Gasteiger partial charge in [-0.2, -0.15) is 30.6 Å². The van der Waals surface area contributed by atoms with Crippen molar-refractivity contribution in [2.75, 3.05) is 0 Å². The van der Waals surface area contributed by atoms with E-state index in [-0.39, 0.29) is 67.9 Å². The Hall–Kier alpha value is -12.6. The highest BCUT2D eigenvalue weighted by atomic mass is 79.9. The minimum Gasteiger partial charge on any atom is -0.294 e. The number of Topliss-reactive ketones (excluding diaryl/α,β-unsaturated/α-hetero) is 6. The molecule has 19 nitrogen and oxygen atoms in total. The van der Waals surface area contributed by atoms with E-state index in [0.29, 0.717) is 67.4 Å². The van der Waals surface area contributed by atoms with Gasteiger partial charge in [0.15, 0.2) is 34.7 Å². The SMILES string of the molecule is CC1(C)CC(=O)C2=C(Cc3[nH]nc(Br)c3C2c2ccccc2)C1.CCC1(CC)CC(=O)C2=C(Cc3n[nH]c(C)c3C2c2ccccc2)C1.Cc1[nH]nc2c1C(c1cccnc1)C1=C(C2)CC(C)(C)CC1=O.Cc1[nH]nc2c1[C@@](C)(c1ccccc1)C1=C(C2)CC(C)(C)CC1=O.Cc1ccccc1[C@@H]1C2=C(Cc3n[nH]c(C)c31)CC(C)(C)CC2=O.Cc1ccccc1[C@H]1C2=C(Cc3n[nH]c(C)c31)CC(C)(C)CC2=O. The van der Waals surface area contributed by atoms with E-state index in [1.54, 1.807) is 6.20 Å². The summed E-state index contributed by atoms with van der Waals surface area (Å²) in [6, 6.07) is 52.1. The number of rotatable bonds is 8. The number of hydrogen-bond acceptors (Lipinski definition) is 13. The van der Waals surface area contributed by atoms with Gasteiger partial charge in [0.1, 0.15) is 4.60 Å². The van der Waals surface area contributed by atoms with Crippen LogP contribution in [0.5, 0.6) is 0 Å². The molecule has 143 heavy (non-hydrogen) atoms. The topological polar surface area (TPSA) is 287 Å². The molecule has 3 unspecified atom stereocenters. The van der Waals surface area contributed by atoms with E-state index < -0.39 is 5.41 Å². The number of fused-ring (bicyclic) bond motifs is 6. The van der Waals surface area contributed by atoms with E-state index >= 15 is 0 Å². The first kappa shape index (κ1) is 99.2. The maximum Gasteiger partial charge on any atom is 0.160 e. The third kappa shape index (κ3) is 18.7. The Morgan fingerprint density at radius 1 is 0.308 bits per heavy atom. The molecule has 6 atom stereocenters. The zero-order chi connectivity index (χ0) is 101. The van der Waals surface area contributed by atoms with E-state index in [4.69, 9.17) is 0 Å². The molecule has 0 radical (unpaired) electrons. The van der Waals surface area contributed by atoms with E-state index in [9.17, 15) is 28.8 Å². The van der Waals surface area contributed by atoms with Gasteiger partial charge < -0.3 is 0 Å². The summed E-state index contributed by atoms with van der Waals surface area (Å²) in [5.74, 6) is 1.96. The Bertz CT molecular complexity index is 7010. The van der Waals surface area contributed by atoms with Crippen LogP contribution in [0.15, 0.2) is 236 Å². The second-order valence-electron chi connectivity index (χ2n) is 47.2. The van der Waals surface area contributed by atoms with Crippen molar-refractivity contribution in [3.05, 3.63) is 376 Å². The molecule has 0 amide bonds. The summed E-state index contributed by atoms with van der Waals surface area (Å²) >= 11 is 3.57. The summed E-state index contributed by atoms with van der Waals surface area (Å²) in [4.78, 5) is 82.9. The lowest BCUT2D eigenvalue weighted by Gasteiger charge is -2.43. The minimum atomic E-state index is -0.408. The van der Waals surface area contributed by atoms with Gasteiger partial charge in [-0.15, -0.1) is 0 Å². The normalized spacial score (nSPS) is 22.9. The number of nitrogens with zero attached hydrogens (tertiary/aromatic N) is 7. The molecule has 12 aromatic rings. The van der Waals surface area contributed by atoms with Gasteiger partial charge in [0, 0.05) is 225 Å². The molecule has 7 heterocycles. The van der Waals surface area contributed by atoms with Crippen LogP contribution < -0.4 is 0 Å². The summed E-state index contributed by atoms with van der Waals surface area (Å²) in [6.45, 7) is 43.1. The van der Waals surface area contributed by atoms with Crippen molar-refractivity contribution in [2.24, 2.45) is 32.5 Å². The van der Waals surface area contributed by atoms with Gasteiger partial charge in [-0.05, 0) is 206 Å². The van der Waals surface area contributed by atoms with Gasteiger partial charge in [0.2, 0.25) is 0 Å². The smallest absolute Gasteiger partial charge is 0.160 e. The van der Waals surface area contributed by atoms with Crippen LogP contribution in [0.3, 0.4) is 0 Å². The number of aromatic nitrogens is 13. The average Bonchev–Trinajstić information content (AvgIpc) is 1.67. The number of pyridine rings is 1. The number of carbonyl (C=O) groups is 6. The first-order chi connectivity index (χ1) is 68.1. The van der Waals surface area contributed by atoms with E-state index in [1.807, 2.05) is 49.5 Å². The molecular formula is C123H138BrN13O6. The molecule has 738 valence electrons. The van der Waals surface area contributed by atoms with E-state index in [1.165, 1.54) is 94.6 Å². The number of aryl methyl sites for hydroxylation is 7. The van der Waals surface area contributed by atoms with Crippen molar-refractivity contribution in [3.8, 4) is 0 Å². The predicted molar refractivity (Wildman–Crippen MR) is 566 cm³/mol. The van der Waals surface area contributed by atoms with Crippen molar-refractivity contribution in [1.82, 2.24) is 66.2 Å². The van der Waals surface area contributed by atoms with Gasteiger partial charge in [-0.3, -0.25) is 64.3 Å². The molecule has 0 spiro atoms. The van der Waals surface area contributed by atoms with Crippen LogP contribution >= 0.6 is 15.9 Å². The van der Waals surface area contributed by atoms with Crippen molar-refractivity contribution in [2.45, 2.75) is 302 Å². The van der Waals surface area contributed by atoms with Gasteiger partial charge in [0.05, 0.1) is 28.5 Å². The molecule has 7 aromatic heterocycles. The number of halogens is 1. The largest absolute Gasteiger partial charge is 0.294 e. The van der Waals surface area contributed by atoms with Crippen LogP contribution in [0.25, 0.3) is 0 Å². The van der Waals surface area contributed by atoms with Crippen LogP contribution in [0.1, 0.15) is 350 Å². The molecule has 0 fully saturated rings. The number of carbonyl (C=O) groups excluding carboxylic acids is 6. The highest BCUT2D eigenvalue weighted by Gasteiger charge is 2.52. The lowest BCUT2D eigenvalue weighted by atomic mass is 9.58. The zero-order valence-corrected chi connectivity index (χ0v) is 88.7. The first-order valence-corrected chi connectivity index (χ1v) is 52.5. The monoisotopic (exact) mass is 1970 g/mol. The van der Waals surface area contributed by atoms with Gasteiger partial charge >= 0.3 is 0 Å². The third-order valence-corrected chi connectivity index (χ3v) is 33.9. The molecule has 12 aliphatic carbocycles. The Morgan fingerprint density at radius 2 is 0.629 bits per heavy atom. The second kappa shape index (κ2) is 38.2. The maximum absolute atomic E-state index is 13.3. The maximum atomic E-state index is 13.3. The quantitative estimate of drug-likeness (QED) is 0.0826. The minimum absolute atomic E-state index is 0.00771. The molecule has 0 aliphatic heterocycles. The number of ketones is 6.